The Hall–Kier alpha value is -0.860. The lowest BCUT2D eigenvalue weighted by atomic mass is 10.2. The second-order valence-corrected chi connectivity index (χ2v) is 9.30. The van der Waals surface area contributed by atoms with Gasteiger partial charge in [-0.2, -0.15) is 0 Å². The van der Waals surface area contributed by atoms with E-state index in [9.17, 15) is 0 Å². The summed E-state index contributed by atoms with van der Waals surface area (Å²) in [6.07, 6.45) is 9.66. The van der Waals surface area contributed by atoms with Gasteiger partial charge >= 0.3 is 0 Å². The zero-order valence-corrected chi connectivity index (χ0v) is 20.3. The molecule has 0 aromatic carbocycles. The fraction of sp³-hybridized carbons (Fsp3) is 0.524. The molecule has 0 saturated carbocycles. The predicted molar refractivity (Wildman–Crippen MR) is 124 cm³/mol. The molecule has 0 unspecified atom stereocenters. The molecular formula is C21H31Br2N5. The number of halogens is 2. The number of hydrogen-bond donors (Lipinski definition) is 0. The third-order valence-corrected chi connectivity index (χ3v) is 5.55. The highest BCUT2D eigenvalue weighted by Gasteiger charge is 2.13. The number of aromatic nitrogens is 2. The lowest BCUT2D eigenvalue weighted by molar-refractivity contribution is 0.155. The Kier molecular flexibility index (Phi) is 10.6. The average molecular weight is 513 g/mol. The number of nitrogens with zero attached hydrogens (tertiary/aromatic N) is 5. The van der Waals surface area contributed by atoms with Crippen LogP contribution in [-0.4, -0.2) is 85.1 Å². The van der Waals surface area contributed by atoms with E-state index in [0.29, 0.717) is 0 Å². The Labute approximate surface area is 186 Å². The Morgan fingerprint density at radius 3 is 1.89 bits per heavy atom. The molecule has 28 heavy (non-hydrogen) atoms. The maximum absolute atomic E-state index is 4.19. The van der Waals surface area contributed by atoms with Crippen molar-refractivity contribution in [2.45, 2.75) is 12.8 Å². The lowest BCUT2D eigenvalue weighted by Crippen LogP contribution is -2.45. The van der Waals surface area contributed by atoms with Crippen LogP contribution >= 0.6 is 31.9 Å². The van der Waals surface area contributed by atoms with Gasteiger partial charge in [0.2, 0.25) is 0 Å². The Morgan fingerprint density at radius 1 is 0.857 bits per heavy atom. The number of pyridine rings is 2. The van der Waals surface area contributed by atoms with Gasteiger partial charge in [-0.05, 0) is 89.1 Å². The van der Waals surface area contributed by atoms with Crippen molar-refractivity contribution in [3.8, 4) is 0 Å². The summed E-state index contributed by atoms with van der Waals surface area (Å²) in [7, 11) is 6.34. The summed E-state index contributed by atoms with van der Waals surface area (Å²) in [5.74, 6) is 0. The summed E-state index contributed by atoms with van der Waals surface area (Å²) in [6, 6.07) is 4.26. The number of piperazine rings is 1. The average Bonchev–Trinajstić information content (AvgIpc) is 2.67. The van der Waals surface area contributed by atoms with E-state index < -0.39 is 0 Å². The first-order chi connectivity index (χ1) is 13.4. The van der Waals surface area contributed by atoms with Crippen molar-refractivity contribution in [1.29, 1.82) is 0 Å². The van der Waals surface area contributed by atoms with E-state index in [4.69, 9.17) is 0 Å². The zero-order valence-electron chi connectivity index (χ0n) is 17.1. The normalized spacial score (nSPS) is 15.4. The third-order valence-electron chi connectivity index (χ3n) is 4.68. The van der Waals surface area contributed by atoms with E-state index in [-0.39, 0.29) is 0 Å². The SMILES string of the molecule is CN(C)CCc1cncc(Br)c1.CN1CCN(CCc2cncc(Br)c2)CC1. The van der Waals surface area contributed by atoms with Crippen LogP contribution in [0.3, 0.4) is 0 Å². The van der Waals surface area contributed by atoms with Crippen LogP contribution in [0.2, 0.25) is 0 Å². The molecule has 1 fully saturated rings. The number of likely N-dealkylation sites (N-methyl/N-ethyl adjacent to an activating group) is 2. The fourth-order valence-corrected chi connectivity index (χ4v) is 3.72. The minimum absolute atomic E-state index is 1.05. The van der Waals surface area contributed by atoms with Crippen LogP contribution in [0.4, 0.5) is 0 Å². The minimum Gasteiger partial charge on any atom is -0.309 e. The molecule has 2 aromatic heterocycles. The van der Waals surface area contributed by atoms with E-state index in [1.807, 2.05) is 18.6 Å². The first-order valence-corrected chi connectivity index (χ1v) is 11.3. The van der Waals surface area contributed by atoms with Crippen LogP contribution < -0.4 is 0 Å². The zero-order chi connectivity index (χ0) is 20.4. The molecule has 0 aliphatic carbocycles. The predicted octanol–water partition coefficient (Wildman–Crippen LogP) is 3.58. The summed E-state index contributed by atoms with van der Waals surface area (Å²) < 4.78 is 2.13. The van der Waals surface area contributed by atoms with Gasteiger partial charge < -0.3 is 14.7 Å². The van der Waals surface area contributed by atoms with Gasteiger partial charge in [0, 0.05) is 73.0 Å². The van der Waals surface area contributed by atoms with E-state index in [1.54, 1.807) is 6.20 Å². The van der Waals surface area contributed by atoms with Crippen molar-refractivity contribution in [1.82, 2.24) is 24.7 Å². The van der Waals surface area contributed by atoms with Gasteiger partial charge in [-0.25, -0.2) is 0 Å². The van der Waals surface area contributed by atoms with Crippen LogP contribution in [0, 0.1) is 0 Å². The summed E-state index contributed by atoms with van der Waals surface area (Å²) in [5.41, 5.74) is 2.59. The van der Waals surface area contributed by atoms with Crippen molar-refractivity contribution < 1.29 is 0 Å². The number of hydrogen-bond acceptors (Lipinski definition) is 5. The van der Waals surface area contributed by atoms with Crippen LogP contribution in [0.25, 0.3) is 0 Å². The second kappa shape index (κ2) is 12.6. The maximum Gasteiger partial charge on any atom is 0.0410 e. The van der Waals surface area contributed by atoms with Gasteiger partial charge in [0.25, 0.3) is 0 Å². The standard InChI is InChI=1S/C12H18BrN3.C9H13BrN2/c1-15-4-6-16(7-5-15)3-2-11-8-12(13)10-14-9-11;1-12(2)4-3-8-5-9(10)7-11-6-8/h8-10H,2-7H2,1H3;5-7H,3-4H2,1-2H3. The molecule has 3 heterocycles. The smallest absolute Gasteiger partial charge is 0.0410 e. The van der Waals surface area contributed by atoms with Gasteiger partial charge in [-0.1, -0.05) is 0 Å². The highest BCUT2D eigenvalue weighted by molar-refractivity contribution is 9.10. The summed E-state index contributed by atoms with van der Waals surface area (Å²) >= 11 is 6.85. The molecule has 0 N–H and O–H groups in total. The molecule has 154 valence electrons. The molecular weight excluding hydrogens is 482 g/mol. The summed E-state index contributed by atoms with van der Waals surface area (Å²) in [4.78, 5) is 15.4. The van der Waals surface area contributed by atoms with Gasteiger partial charge in [-0.3, -0.25) is 9.97 Å². The van der Waals surface area contributed by atoms with Crippen LogP contribution in [0.5, 0.6) is 0 Å². The molecule has 0 amide bonds. The Bertz CT molecular complexity index is 703. The molecule has 0 spiro atoms. The van der Waals surface area contributed by atoms with E-state index in [0.717, 1.165) is 34.9 Å². The molecule has 1 saturated heterocycles. The second-order valence-electron chi connectivity index (χ2n) is 7.47. The molecule has 0 radical (unpaired) electrons. The summed E-state index contributed by atoms with van der Waals surface area (Å²) in [5, 5.41) is 0. The molecule has 7 heteroatoms. The topological polar surface area (TPSA) is 35.5 Å². The van der Waals surface area contributed by atoms with Crippen LogP contribution in [0.15, 0.2) is 45.9 Å². The van der Waals surface area contributed by atoms with E-state index in [1.165, 1.54) is 37.3 Å². The van der Waals surface area contributed by atoms with Gasteiger partial charge in [0.1, 0.15) is 0 Å². The minimum atomic E-state index is 1.05. The molecule has 1 aliphatic heterocycles. The molecule has 0 atom stereocenters. The van der Waals surface area contributed by atoms with Gasteiger partial charge in [0.05, 0.1) is 0 Å². The first kappa shape index (κ1) is 23.4. The molecule has 3 rings (SSSR count). The monoisotopic (exact) mass is 511 g/mol. The molecule has 2 aromatic rings. The van der Waals surface area contributed by atoms with E-state index >= 15 is 0 Å². The Balaban J connectivity index is 0.000000209. The third kappa shape index (κ3) is 9.56. The van der Waals surface area contributed by atoms with Crippen molar-refractivity contribution >= 4 is 31.9 Å². The number of rotatable bonds is 6. The molecule has 0 bridgehead atoms. The lowest BCUT2D eigenvalue weighted by Gasteiger charge is -2.32. The quantitative estimate of drug-likeness (QED) is 0.591. The van der Waals surface area contributed by atoms with Gasteiger partial charge in [0.15, 0.2) is 0 Å². The van der Waals surface area contributed by atoms with Crippen LogP contribution in [0.1, 0.15) is 11.1 Å². The van der Waals surface area contributed by atoms with E-state index in [2.05, 4.69) is 89.8 Å². The Morgan fingerprint density at radius 2 is 1.39 bits per heavy atom. The van der Waals surface area contributed by atoms with Crippen molar-refractivity contribution in [3.05, 3.63) is 57.0 Å². The van der Waals surface area contributed by atoms with Crippen molar-refractivity contribution in [2.24, 2.45) is 0 Å². The fourth-order valence-electron chi connectivity index (χ4n) is 2.90. The van der Waals surface area contributed by atoms with Crippen molar-refractivity contribution in [3.63, 3.8) is 0 Å². The first-order valence-electron chi connectivity index (χ1n) is 9.67. The van der Waals surface area contributed by atoms with Crippen molar-refractivity contribution in [2.75, 3.05) is 60.4 Å². The maximum atomic E-state index is 4.19. The highest BCUT2D eigenvalue weighted by Crippen LogP contribution is 2.11. The van der Waals surface area contributed by atoms with Gasteiger partial charge in [-0.15, -0.1) is 0 Å². The summed E-state index contributed by atoms with van der Waals surface area (Å²) in [6.45, 7) is 6.98. The van der Waals surface area contributed by atoms with Crippen LogP contribution in [-0.2, 0) is 12.8 Å². The largest absolute Gasteiger partial charge is 0.309 e. The highest BCUT2D eigenvalue weighted by atomic mass is 79.9. The molecule has 1 aliphatic rings. The molecule has 5 nitrogen and oxygen atoms in total.